The number of ether oxygens (including phenoxy) is 1. The summed E-state index contributed by atoms with van der Waals surface area (Å²) in [5, 5.41) is 3.36. The maximum atomic E-state index is 12.8. The summed E-state index contributed by atoms with van der Waals surface area (Å²) >= 11 is 0. The Labute approximate surface area is 148 Å². The molecule has 1 fully saturated rings. The molecule has 0 radical (unpaired) electrons. The van der Waals surface area contributed by atoms with Crippen molar-refractivity contribution in [1.82, 2.24) is 9.88 Å². The molecule has 1 amide bonds. The van der Waals surface area contributed by atoms with Gasteiger partial charge in [-0.05, 0) is 42.5 Å². The predicted molar refractivity (Wildman–Crippen MR) is 96.6 cm³/mol. The van der Waals surface area contributed by atoms with Crippen LogP contribution >= 0.6 is 0 Å². The summed E-state index contributed by atoms with van der Waals surface area (Å²) in [4.78, 5) is 19.0. The number of amides is 1. The van der Waals surface area contributed by atoms with E-state index in [4.69, 9.17) is 4.74 Å². The predicted octanol–water partition coefficient (Wildman–Crippen LogP) is 2.87. The highest BCUT2D eigenvalue weighted by Gasteiger charge is 2.22. The lowest BCUT2D eigenvalue weighted by Crippen LogP contribution is -2.36. The number of hydrogen-bond acceptors (Lipinski definition) is 4. The number of aromatic nitrogens is 1. The van der Waals surface area contributed by atoms with Crippen molar-refractivity contribution in [3.8, 4) is 0 Å². The van der Waals surface area contributed by atoms with E-state index in [1.807, 2.05) is 23.1 Å². The van der Waals surface area contributed by atoms with Crippen LogP contribution in [0.1, 0.15) is 34.5 Å². The molecule has 1 N–H and O–H groups in total. The second kappa shape index (κ2) is 7.23. The Hall–Kier alpha value is -2.40. The summed E-state index contributed by atoms with van der Waals surface area (Å²) in [5.74, 6) is -0.00438. The molecule has 2 aliphatic heterocycles. The first kappa shape index (κ1) is 16.1. The van der Waals surface area contributed by atoms with E-state index in [0.717, 1.165) is 44.6 Å². The molecule has 25 heavy (non-hydrogen) atoms. The van der Waals surface area contributed by atoms with Crippen LogP contribution in [0.25, 0.3) is 0 Å². The fourth-order valence-corrected chi connectivity index (χ4v) is 3.53. The summed E-state index contributed by atoms with van der Waals surface area (Å²) in [6.07, 6.45) is 5.09. The van der Waals surface area contributed by atoms with Crippen LogP contribution in [0.5, 0.6) is 0 Å². The van der Waals surface area contributed by atoms with Gasteiger partial charge in [0.05, 0.1) is 6.10 Å². The molecule has 0 aliphatic carbocycles. The van der Waals surface area contributed by atoms with Gasteiger partial charge in [0.1, 0.15) is 5.69 Å². The summed E-state index contributed by atoms with van der Waals surface area (Å²) < 4.78 is 5.63. The van der Waals surface area contributed by atoms with Crippen molar-refractivity contribution < 1.29 is 9.53 Å². The molecule has 0 spiro atoms. The second-order valence-electron chi connectivity index (χ2n) is 6.69. The number of hydrogen-bond donors (Lipinski definition) is 1. The lowest BCUT2D eigenvalue weighted by molar-refractivity contribution is 0.0729. The Morgan fingerprint density at radius 1 is 1.28 bits per heavy atom. The Morgan fingerprint density at radius 3 is 3.00 bits per heavy atom. The third kappa shape index (κ3) is 3.66. The first-order valence-electron chi connectivity index (χ1n) is 8.97. The Bertz CT molecular complexity index is 756. The topological polar surface area (TPSA) is 54.5 Å². The van der Waals surface area contributed by atoms with Gasteiger partial charge in [-0.2, -0.15) is 0 Å². The quantitative estimate of drug-likeness (QED) is 0.932. The van der Waals surface area contributed by atoms with Crippen molar-refractivity contribution >= 4 is 11.6 Å². The number of anilines is 1. The van der Waals surface area contributed by atoms with Crippen molar-refractivity contribution in [2.45, 2.75) is 31.9 Å². The number of fused-ring (bicyclic) bond motifs is 1. The molecule has 2 aliphatic rings. The van der Waals surface area contributed by atoms with E-state index in [9.17, 15) is 4.79 Å². The SMILES string of the molecule is O=C(c1cc(NCC2CCCO2)ccn1)N1CCc2ccccc2C1. The van der Waals surface area contributed by atoms with E-state index in [0.29, 0.717) is 12.2 Å². The first-order valence-corrected chi connectivity index (χ1v) is 8.97. The molecule has 1 aromatic carbocycles. The summed E-state index contributed by atoms with van der Waals surface area (Å²) in [7, 11) is 0. The maximum Gasteiger partial charge on any atom is 0.272 e. The number of nitrogens with zero attached hydrogens (tertiary/aromatic N) is 2. The Morgan fingerprint density at radius 2 is 2.16 bits per heavy atom. The number of carbonyl (C=O) groups excluding carboxylic acids is 1. The van der Waals surface area contributed by atoms with Crippen LogP contribution in [-0.2, 0) is 17.7 Å². The van der Waals surface area contributed by atoms with Crippen molar-refractivity contribution in [3.05, 3.63) is 59.4 Å². The number of carbonyl (C=O) groups is 1. The van der Waals surface area contributed by atoms with Gasteiger partial charge in [-0.1, -0.05) is 24.3 Å². The number of nitrogens with one attached hydrogen (secondary N) is 1. The third-order valence-electron chi connectivity index (χ3n) is 4.95. The molecule has 0 bridgehead atoms. The second-order valence-corrected chi connectivity index (χ2v) is 6.69. The van der Waals surface area contributed by atoms with Gasteiger partial charge in [-0.3, -0.25) is 9.78 Å². The van der Waals surface area contributed by atoms with E-state index >= 15 is 0 Å². The van der Waals surface area contributed by atoms with Crippen LogP contribution in [0.3, 0.4) is 0 Å². The number of benzene rings is 1. The molecule has 5 heteroatoms. The van der Waals surface area contributed by atoms with E-state index in [1.165, 1.54) is 11.1 Å². The molecular formula is C20H23N3O2. The molecule has 4 rings (SSSR count). The standard InChI is InChI=1S/C20H23N3O2/c24-20(23-10-8-15-4-1-2-5-16(15)14-23)19-12-17(7-9-21-19)22-13-18-6-3-11-25-18/h1-2,4-5,7,9,12,18H,3,6,8,10-11,13-14H2,(H,21,22). The molecule has 1 unspecified atom stereocenters. The molecule has 130 valence electrons. The average Bonchev–Trinajstić information content (AvgIpc) is 3.19. The van der Waals surface area contributed by atoms with Crippen molar-refractivity contribution in [2.24, 2.45) is 0 Å². The van der Waals surface area contributed by atoms with Gasteiger partial charge < -0.3 is 15.0 Å². The summed E-state index contributed by atoms with van der Waals surface area (Å²) in [5.41, 5.74) is 3.99. The van der Waals surface area contributed by atoms with Gasteiger partial charge in [0, 0.05) is 38.1 Å². The van der Waals surface area contributed by atoms with Crippen LogP contribution in [0, 0.1) is 0 Å². The largest absolute Gasteiger partial charge is 0.382 e. The molecule has 3 heterocycles. The molecule has 0 saturated carbocycles. The van der Waals surface area contributed by atoms with Gasteiger partial charge in [-0.15, -0.1) is 0 Å². The number of rotatable bonds is 4. The first-order chi connectivity index (χ1) is 12.3. The summed E-state index contributed by atoms with van der Waals surface area (Å²) in [6, 6.07) is 12.1. The van der Waals surface area contributed by atoms with Gasteiger partial charge >= 0.3 is 0 Å². The normalized spacial score (nSPS) is 19.5. The van der Waals surface area contributed by atoms with Crippen LogP contribution in [-0.4, -0.2) is 41.6 Å². The molecule has 1 saturated heterocycles. The maximum absolute atomic E-state index is 12.8. The van der Waals surface area contributed by atoms with Gasteiger partial charge in [0.15, 0.2) is 0 Å². The van der Waals surface area contributed by atoms with Gasteiger partial charge in [-0.25, -0.2) is 0 Å². The van der Waals surface area contributed by atoms with Crippen molar-refractivity contribution in [2.75, 3.05) is 25.0 Å². The molecule has 1 atom stereocenters. The number of pyridine rings is 1. The molecular weight excluding hydrogens is 314 g/mol. The highest BCUT2D eigenvalue weighted by Crippen LogP contribution is 2.21. The molecule has 1 aromatic heterocycles. The highest BCUT2D eigenvalue weighted by atomic mass is 16.5. The zero-order valence-electron chi connectivity index (χ0n) is 14.3. The minimum absolute atomic E-state index is 0.00438. The van der Waals surface area contributed by atoms with E-state index in [-0.39, 0.29) is 12.0 Å². The summed E-state index contributed by atoms with van der Waals surface area (Å²) in [6.45, 7) is 3.02. The van der Waals surface area contributed by atoms with Crippen LogP contribution in [0.4, 0.5) is 5.69 Å². The fraction of sp³-hybridized carbons (Fsp3) is 0.400. The Balaban J connectivity index is 1.42. The minimum atomic E-state index is -0.00438. The lowest BCUT2D eigenvalue weighted by Gasteiger charge is -2.28. The van der Waals surface area contributed by atoms with Crippen LogP contribution in [0.2, 0.25) is 0 Å². The molecule has 2 aromatic rings. The zero-order chi connectivity index (χ0) is 17.1. The average molecular weight is 337 g/mol. The van der Waals surface area contributed by atoms with Crippen molar-refractivity contribution in [3.63, 3.8) is 0 Å². The van der Waals surface area contributed by atoms with Gasteiger partial charge in [0.2, 0.25) is 0 Å². The van der Waals surface area contributed by atoms with Crippen LogP contribution < -0.4 is 5.32 Å². The monoisotopic (exact) mass is 337 g/mol. The fourth-order valence-electron chi connectivity index (χ4n) is 3.53. The van der Waals surface area contributed by atoms with E-state index in [2.05, 4.69) is 28.5 Å². The molecule has 5 nitrogen and oxygen atoms in total. The smallest absolute Gasteiger partial charge is 0.272 e. The minimum Gasteiger partial charge on any atom is -0.382 e. The highest BCUT2D eigenvalue weighted by molar-refractivity contribution is 5.93. The van der Waals surface area contributed by atoms with E-state index in [1.54, 1.807) is 6.20 Å². The van der Waals surface area contributed by atoms with E-state index < -0.39 is 0 Å². The Kier molecular flexibility index (Phi) is 4.65. The van der Waals surface area contributed by atoms with Crippen LogP contribution in [0.15, 0.2) is 42.6 Å². The van der Waals surface area contributed by atoms with Crippen molar-refractivity contribution in [1.29, 1.82) is 0 Å². The zero-order valence-corrected chi connectivity index (χ0v) is 14.3. The van der Waals surface area contributed by atoms with Gasteiger partial charge in [0.25, 0.3) is 5.91 Å². The lowest BCUT2D eigenvalue weighted by atomic mass is 10.00. The third-order valence-corrected chi connectivity index (χ3v) is 4.95.